The average Bonchev–Trinajstić information content (AvgIpc) is 2.70. The van der Waals surface area contributed by atoms with Crippen LogP contribution >= 0.6 is 0 Å². The molecule has 0 saturated heterocycles. The normalized spacial score (nSPS) is 16.8. The highest BCUT2D eigenvalue weighted by Crippen LogP contribution is 2.27. The van der Waals surface area contributed by atoms with E-state index in [1.165, 1.54) is 12.1 Å². The van der Waals surface area contributed by atoms with Crippen LogP contribution in [0.15, 0.2) is 18.2 Å². The van der Waals surface area contributed by atoms with Gasteiger partial charge in [-0.3, -0.25) is 9.59 Å². The fourth-order valence-corrected chi connectivity index (χ4v) is 3.35. The number of aryl methyl sites for hydroxylation is 1. The number of aromatic nitrogens is 1. The van der Waals surface area contributed by atoms with E-state index in [0.29, 0.717) is 28.9 Å². The minimum atomic E-state index is -0.313. The Balaban J connectivity index is 1.99. The minimum absolute atomic E-state index is 0.0697. The maximum atomic E-state index is 13.4. The van der Waals surface area contributed by atoms with Gasteiger partial charge < -0.3 is 15.2 Å². The number of hydrogen-bond acceptors (Lipinski definition) is 2. The fraction of sp³-hybridized carbons (Fsp3) is 0.368. The van der Waals surface area contributed by atoms with E-state index in [1.807, 2.05) is 13.8 Å². The molecule has 3 rings (SSSR count). The molecular weight excluding hydrogens is 321 g/mol. The highest BCUT2D eigenvalue weighted by Gasteiger charge is 2.30. The summed E-state index contributed by atoms with van der Waals surface area (Å²) in [6.45, 7) is 5.45. The molecule has 1 aliphatic heterocycles. The van der Waals surface area contributed by atoms with Crippen molar-refractivity contribution in [3.05, 3.63) is 52.1 Å². The Kier molecular flexibility index (Phi) is 4.37. The van der Waals surface area contributed by atoms with E-state index in [1.54, 1.807) is 24.6 Å². The molecule has 2 heterocycles. The van der Waals surface area contributed by atoms with Crippen molar-refractivity contribution in [1.29, 1.82) is 0 Å². The van der Waals surface area contributed by atoms with Crippen LogP contribution in [-0.2, 0) is 13.5 Å². The topological polar surface area (TPSA) is 63.1 Å². The summed E-state index contributed by atoms with van der Waals surface area (Å²) in [5.74, 6) is -0.739. The molecule has 1 atom stereocenters. The first-order valence-corrected chi connectivity index (χ1v) is 8.36. The molecule has 0 bridgehead atoms. The van der Waals surface area contributed by atoms with E-state index >= 15 is 0 Å². The van der Waals surface area contributed by atoms with Crippen LogP contribution in [0.4, 0.5) is 10.1 Å². The van der Waals surface area contributed by atoms with Crippen molar-refractivity contribution < 1.29 is 14.0 Å². The number of nitrogens with one attached hydrogen (secondary N) is 2. The number of rotatable bonds is 2. The smallest absolute Gasteiger partial charge is 0.272 e. The zero-order valence-corrected chi connectivity index (χ0v) is 14.9. The molecule has 0 radical (unpaired) electrons. The van der Waals surface area contributed by atoms with Crippen molar-refractivity contribution in [1.82, 2.24) is 9.88 Å². The average molecular weight is 343 g/mol. The third-order valence-corrected chi connectivity index (χ3v) is 4.85. The Hall–Kier alpha value is -2.63. The van der Waals surface area contributed by atoms with Crippen molar-refractivity contribution in [2.75, 3.05) is 5.32 Å². The molecule has 132 valence electrons. The van der Waals surface area contributed by atoms with Gasteiger partial charge in [0.2, 0.25) is 0 Å². The van der Waals surface area contributed by atoms with Gasteiger partial charge in [0.05, 0.1) is 5.56 Å². The third-order valence-electron chi connectivity index (χ3n) is 4.85. The molecule has 1 aliphatic rings. The highest BCUT2D eigenvalue weighted by atomic mass is 19.1. The van der Waals surface area contributed by atoms with E-state index in [2.05, 4.69) is 10.6 Å². The molecule has 0 aliphatic carbocycles. The van der Waals surface area contributed by atoms with Crippen LogP contribution < -0.4 is 10.6 Å². The van der Waals surface area contributed by atoms with Gasteiger partial charge in [-0.25, -0.2) is 4.39 Å². The lowest BCUT2D eigenvalue weighted by atomic mass is 10.0. The monoisotopic (exact) mass is 343 g/mol. The Morgan fingerprint density at radius 3 is 2.76 bits per heavy atom. The Bertz CT molecular complexity index is 870. The molecule has 0 spiro atoms. The predicted molar refractivity (Wildman–Crippen MR) is 94.5 cm³/mol. The van der Waals surface area contributed by atoms with Crippen LogP contribution in [0.25, 0.3) is 0 Å². The summed E-state index contributed by atoms with van der Waals surface area (Å²) >= 11 is 0. The number of nitrogens with zero attached hydrogens (tertiary/aromatic N) is 1. The van der Waals surface area contributed by atoms with Gasteiger partial charge >= 0.3 is 0 Å². The van der Waals surface area contributed by atoms with Gasteiger partial charge in [0.1, 0.15) is 11.5 Å². The molecule has 6 heteroatoms. The summed E-state index contributed by atoms with van der Waals surface area (Å²) in [6.07, 6.45) is 1.43. The van der Waals surface area contributed by atoms with Gasteiger partial charge in [-0.2, -0.15) is 0 Å². The summed E-state index contributed by atoms with van der Waals surface area (Å²) in [6, 6.07) is 4.52. The van der Waals surface area contributed by atoms with Gasteiger partial charge in [0.25, 0.3) is 11.8 Å². The SMILES string of the molecule is Cc1cc(NC(=O)c2c3c(c(C)n2C)C(=O)N[C@@H](C)CC3)ccc1F. The van der Waals surface area contributed by atoms with Crippen LogP contribution in [0, 0.1) is 19.7 Å². The molecule has 0 unspecified atom stereocenters. The number of anilines is 1. The van der Waals surface area contributed by atoms with Crippen LogP contribution in [0.1, 0.15) is 51.0 Å². The van der Waals surface area contributed by atoms with Crippen molar-refractivity contribution in [2.45, 2.75) is 39.7 Å². The van der Waals surface area contributed by atoms with Crippen LogP contribution in [0.3, 0.4) is 0 Å². The molecule has 5 nitrogen and oxygen atoms in total. The minimum Gasteiger partial charge on any atom is -0.350 e. The number of hydrogen-bond donors (Lipinski definition) is 2. The first-order chi connectivity index (χ1) is 11.8. The summed E-state index contributed by atoms with van der Waals surface area (Å²) in [4.78, 5) is 25.3. The maximum Gasteiger partial charge on any atom is 0.272 e. The second-order valence-electron chi connectivity index (χ2n) is 6.68. The van der Waals surface area contributed by atoms with Crippen molar-refractivity contribution in [2.24, 2.45) is 7.05 Å². The van der Waals surface area contributed by atoms with Crippen molar-refractivity contribution >= 4 is 17.5 Å². The van der Waals surface area contributed by atoms with E-state index in [9.17, 15) is 14.0 Å². The number of carbonyl (C=O) groups excluding carboxylic acids is 2. The molecule has 2 aromatic rings. The molecule has 1 aromatic heterocycles. The van der Waals surface area contributed by atoms with E-state index in [0.717, 1.165) is 17.7 Å². The molecule has 0 saturated carbocycles. The van der Waals surface area contributed by atoms with Gasteiger partial charge in [-0.05, 0) is 62.9 Å². The standard InChI is InChI=1S/C19H22FN3O2/c1-10-9-13(6-8-15(10)20)22-19(25)17-14-7-5-11(2)21-18(24)16(14)12(3)23(17)4/h6,8-9,11H,5,7H2,1-4H3,(H,21,24)(H,22,25)/t11-/m0/s1. The van der Waals surface area contributed by atoms with Crippen LogP contribution in [0.5, 0.6) is 0 Å². The first kappa shape index (κ1) is 17.2. The fourth-order valence-electron chi connectivity index (χ4n) is 3.35. The van der Waals surface area contributed by atoms with E-state index < -0.39 is 0 Å². The van der Waals surface area contributed by atoms with Gasteiger partial charge in [-0.1, -0.05) is 0 Å². The molecule has 1 aromatic carbocycles. The summed E-state index contributed by atoms with van der Waals surface area (Å²) in [5.41, 5.74) is 3.61. The zero-order valence-electron chi connectivity index (χ0n) is 14.9. The first-order valence-electron chi connectivity index (χ1n) is 8.36. The largest absolute Gasteiger partial charge is 0.350 e. The number of fused-ring (bicyclic) bond motifs is 1. The molecule has 2 amide bonds. The Morgan fingerprint density at radius 2 is 2.08 bits per heavy atom. The molecule has 25 heavy (non-hydrogen) atoms. The van der Waals surface area contributed by atoms with Crippen molar-refractivity contribution in [3.8, 4) is 0 Å². The molecule has 0 fully saturated rings. The lowest BCUT2D eigenvalue weighted by Crippen LogP contribution is -2.31. The van der Waals surface area contributed by atoms with Gasteiger partial charge in [0, 0.05) is 24.5 Å². The van der Waals surface area contributed by atoms with Crippen molar-refractivity contribution in [3.63, 3.8) is 0 Å². The Labute approximate surface area is 146 Å². The summed E-state index contributed by atoms with van der Waals surface area (Å²) in [5, 5.41) is 5.77. The second kappa shape index (κ2) is 6.35. The number of halogens is 1. The summed E-state index contributed by atoms with van der Waals surface area (Å²) < 4.78 is 15.2. The second-order valence-corrected chi connectivity index (χ2v) is 6.68. The number of benzene rings is 1. The van der Waals surface area contributed by atoms with Crippen LogP contribution in [0.2, 0.25) is 0 Å². The predicted octanol–water partition coefficient (Wildman–Crippen LogP) is 3.10. The highest BCUT2D eigenvalue weighted by molar-refractivity contribution is 6.08. The number of carbonyl (C=O) groups is 2. The lowest BCUT2D eigenvalue weighted by molar-refractivity contribution is 0.0941. The van der Waals surface area contributed by atoms with E-state index in [4.69, 9.17) is 0 Å². The summed E-state index contributed by atoms with van der Waals surface area (Å²) in [7, 11) is 1.78. The molecule has 2 N–H and O–H groups in total. The van der Waals surface area contributed by atoms with E-state index in [-0.39, 0.29) is 23.7 Å². The third kappa shape index (κ3) is 3.04. The van der Waals surface area contributed by atoms with Gasteiger partial charge in [0.15, 0.2) is 0 Å². The Morgan fingerprint density at radius 1 is 1.36 bits per heavy atom. The molecular formula is C19H22FN3O2. The maximum absolute atomic E-state index is 13.4. The number of amides is 2. The lowest BCUT2D eigenvalue weighted by Gasteiger charge is -2.12. The van der Waals surface area contributed by atoms with Crippen LogP contribution in [-0.4, -0.2) is 22.4 Å². The zero-order chi connectivity index (χ0) is 18.3. The quantitative estimate of drug-likeness (QED) is 0.880. The van der Waals surface area contributed by atoms with Gasteiger partial charge in [-0.15, -0.1) is 0 Å².